The summed E-state index contributed by atoms with van der Waals surface area (Å²) in [6.07, 6.45) is 0.664. The van der Waals surface area contributed by atoms with Crippen LogP contribution in [0.4, 0.5) is 0 Å². The molecule has 3 rings (SSSR count). The Labute approximate surface area is 133 Å². The Kier molecular flexibility index (Phi) is 4.57. The maximum Gasteiger partial charge on any atom is 0.275 e. The lowest BCUT2D eigenvalue weighted by Gasteiger charge is -2.21. The number of hydrogen-bond donors (Lipinski definition) is 2. The molecule has 0 bridgehead atoms. The smallest absolute Gasteiger partial charge is 0.275 e. The Morgan fingerprint density at radius 3 is 2.83 bits per heavy atom. The second kappa shape index (κ2) is 6.78. The van der Waals surface area contributed by atoms with Gasteiger partial charge in [0.25, 0.3) is 5.91 Å². The number of nitrogens with zero attached hydrogens (tertiary/aromatic N) is 2. The summed E-state index contributed by atoms with van der Waals surface area (Å²) in [5, 5.41) is 20.3. The Balaban J connectivity index is 1.52. The number of para-hydroxylation sites is 1. The molecular formula is C16H19N3O4. The van der Waals surface area contributed by atoms with Gasteiger partial charge in [0.05, 0.1) is 6.10 Å². The molecule has 7 heteroatoms. The van der Waals surface area contributed by atoms with Gasteiger partial charge < -0.3 is 15.2 Å². The molecule has 0 radical (unpaired) electrons. The Morgan fingerprint density at radius 1 is 1.35 bits per heavy atom. The van der Waals surface area contributed by atoms with Crippen molar-refractivity contribution in [3.63, 3.8) is 0 Å². The highest BCUT2D eigenvalue weighted by molar-refractivity contribution is 5.92. The number of ether oxygens (including phenoxy) is 1. The third kappa shape index (κ3) is 3.50. The molecule has 23 heavy (non-hydrogen) atoms. The average molecular weight is 317 g/mol. The number of aromatic nitrogens is 2. The van der Waals surface area contributed by atoms with Crippen LogP contribution in [0.5, 0.6) is 5.75 Å². The molecule has 1 aromatic carbocycles. The standard InChI is InChI=1S/C16H19N3O4/c1-10-14(19-23-18-10)16(21)17-9-11-7-8-13(15(11)20)22-12-5-3-2-4-6-12/h2-6,11,13,15,20H,7-9H2,1H3,(H,17,21)/t11-,13-,15-/m1/s1. The Morgan fingerprint density at radius 2 is 2.13 bits per heavy atom. The highest BCUT2D eigenvalue weighted by atomic mass is 16.6. The monoisotopic (exact) mass is 317 g/mol. The average Bonchev–Trinajstić information content (AvgIpc) is 3.13. The van der Waals surface area contributed by atoms with Crippen LogP contribution < -0.4 is 10.1 Å². The molecule has 0 aliphatic heterocycles. The zero-order chi connectivity index (χ0) is 16.2. The van der Waals surface area contributed by atoms with E-state index in [2.05, 4.69) is 20.3 Å². The minimum atomic E-state index is -0.618. The van der Waals surface area contributed by atoms with Crippen molar-refractivity contribution in [1.29, 1.82) is 0 Å². The van der Waals surface area contributed by atoms with Crippen LogP contribution >= 0.6 is 0 Å². The van der Waals surface area contributed by atoms with E-state index in [4.69, 9.17) is 4.74 Å². The summed E-state index contributed by atoms with van der Waals surface area (Å²) in [5.74, 6) is 0.349. The van der Waals surface area contributed by atoms with Gasteiger partial charge in [-0.1, -0.05) is 23.4 Å². The molecule has 0 saturated heterocycles. The third-order valence-corrected chi connectivity index (χ3v) is 4.11. The van der Waals surface area contributed by atoms with E-state index in [1.54, 1.807) is 6.92 Å². The summed E-state index contributed by atoms with van der Waals surface area (Å²) in [4.78, 5) is 12.0. The van der Waals surface area contributed by atoms with Crippen LogP contribution in [0, 0.1) is 12.8 Å². The van der Waals surface area contributed by atoms with Gasteiger partial charge in [-0.05, 0) is 37.1 Å². The number of rotatable bonds is 5. The van der Waals surface area contributed by atoms with E-state index < -0.39 is 6.10 Å². The largest absolute Gasteiger partial charge is 0.488 e. The third-order valence-electron chi connectivity index (χ3n) is 4.11. The number of aliphatic hydroxyl groups is 1. The molecule has 1 aromatic heterocycles. The fraction of sp³-hybridized carbons (Fsp3) is 0.438. The van der Waals surface area contributed by atoms with Gasteiger partial charge in [0.1, 0.15) is 17.5 Å². The number of benzene rings is 1. The predicted molar refractivity (Wildman–Crippen MR) is 81.0 cm³/mol. The van der Waals surface area contributed by atoms with Crippen LogP contribution in [0.25, 0.3) is 0 Å². The van der Waals surface area contributed by atoms with E-state index in [-0.39, 0.29) is 23.6 Å². The normalized spacial score (nSPS) is 23.7. The lowest BCUT2D eigenvalue weighted by Crippen LogP contribution is -2.37. The SMILES string of the molecule is Cc1nonc1C(=O)NC[C@H]1CC[C@@H](Oc2ccccc2)[C@@H]1O. The second-order valence-electron chi connectivity index (χ2n) is 5.71. The molecule has 0 spiro atoms. The predicted octanol–water partition coefficient (Wildman–Crippen LogP) is 1.33. The summed E-state index contributed by atoms with van der Waals surface area (Å²) in [6, 6.07) is 9.42. The van der Waals surface area contributed by atoms with Crippen molar-refractivity contribution in [2.75, 3.05) is 6.54 Å². The molecule has 1 aliphatic rings. The first-order chi connectivity index (χ1) is 11.1. The summed E-state index contributed by atoms with van der Waals surface area (Å²) < 4.78 is 10.3. The molecule has 1 fully saturated rings. The molecule has 1 heterocycles. The summed E-state index contributed by atoms with van der Waals surface area (Å²) in [7, 11) is 0. The fourth-order valence-corrected chi connectivity index (χ4v) is 2.79. The summed E-state index contributed by atoms with van der Waals surface area (Å²) >= 11 is 0. The molecule has 2 N–H and O–H groups in total. The van der Waals surface area contributed by atoms with Crippen molar-refractivity contribution in [2.24, 2.45) is 5.92 Å². The lowest BCUT2D eigenvalue weighted by molar-refractivity contribution is 0.0348. The molecule has 3 atom stereocenters. The minimum Gasteiger partial charge on any atom is -0.488 e. The van der Waals surface area contributed by atoms with Crippen molar-refractivity contribution >= 4 is 5.91 Å². The van der Waals surface area contributed by atoms with Gasteiger partial charge in [-0.3, -0.25) is 4.79 Å². The van der Waals surface area contributed by atoms with Crippen LogP contribution in [-0.4, -0.2) is 40.1 Å². The Bertz CT molecular complexity index is 658. The number of hydrogen-bond acceptors (Lipinski definition) is 6. The van der Waals surface area contributed by atoms with Gasteiger partial charge in [-0.25, -0.2) is 4.63 Å². The van der Waals surface area contributed by atoms with Gasteiger partial charge in [0.2, 0.25) is 0 Å². The molecule has 0 unspecified atom stereocenters. The number of amides is 1. The number of aliphatic hydroxyl groups excluding tert-OH is 1. The van der Waals surface area contributed by atoms with Crippen molar-refractivity contribution in [1.82, 2.24) is 15.6 Å². The van der Waals surface area contributed by atoms with Gasteiger partial charge >= 0.3 is 0 Å². The molecule has 7 nitrogen and oxygen atoms in total. The van der Waals surface area contributed by atoms with Gasteiger partial charge in [-0.15, -0.1) is 0 Å². The quantitative estimate of drug-likeness (QED) is 0.863. The summed E-state index contributed by atoms with van der Waals surface area (Å²) in [5.41, 5.74) is 0.620. The van der Waals surface area contributed by atoms with E-state index >= 15 is 0 Å². The maximum atomic E-state index is 12.0. The first-order valence-electron chi connectivity index (χ1n) is 7.62. The fourth-order valence-electron chi connectivity index (χ4n) is 2.79. The van der Waals surface area contributed by atoms with E-state index in [1.807, 2.05) is 30.3 Å². The highest BCUT2D eigenvalue weighted by Gasteiger charge is 2.36. The van der Waals surface area contributed by atoms with Crippen LogP contribution in [0.2, 0.25) is 0 Å². The van der Waals surface area contributed by atoms with Crippen molar-refractivity contribution in [3.05, 3.63) is 41.7 Å². The van der Waals surface area contributed by atoms with Gasteiger partial charge in [-0.2, -0.15) is 0 Å². The van der Waals surface area contributed by atoms with Gasteiger partial charge in [0, 0.05) is 12.5 Å². The van der Waals surface area contributed by atoms with E-state index in [1.165, 1.54) is 0 Å². The highest BCUT2D eigenvalue weighted by Crippen LogP contribution is 2.29. The van der Waals surface area contributed by atoms with Crippen LogP contribution in [0.3, 0.4) is 0 Å². The molecular weight excluding hydrogens is 298 g/mol. The molecule has 1 aliphatic carbocycles. The number of aryl methyl sites for hydroxylation is 1. The molecule has 2 aromatic rings. The van der Waals surface area contributed by atoms with Crippen LogP contribution in [0.1, 0.15) is 29.0 Å². The van der Waals surface area contributed by atoms with Crippen molar-refractivity contribution in [3.8, 4) is 5.75 Å². The minimum absolute atomic E-state index is 0.0483. The van der Waals surface area contributed by atoms with Crippen molar-refractivity contribution < 1.29 is 19.3 Å². The lowest BCUT2D eigenvalue weighted by atomic mass is 10.1. The Hall–Kier alpha value is -2.41. The number of nitrogens with one attached hydrogen (secondary N) is 1. The zero-order valence-electron chi connectivity index (χ0n) is 12.8. The molecule has 1 saturated carbocycles. The van der Waals surface area contributed by atoms with E-state index in [9.17, 15) is 9.90 Å². The van der Waals surface area contributed by atoms with Crippen LogP contribution in [-0.2, 0) is 0 Å². The topological polar surface area (TPSA) is 97.5 Å². The first kappa shape index (κ1) is 15.5. The van der Waals surface area contributed by atoms with Gasteiger partial charge in [0.15, 0.2) is 5.69 Å². The second-order valence-corrected chi connectivity index (χ2v) is 5.71. The molecule has 1 amide bonds. The summed E-state index contributed by atoms with van der Waals surface area (Å²) in [6.45, 7) is 2.01. The molecule has 122 valence electrons. The number of carbonyl (C=O) groups excluding carboxylic acids is 1. The first-order valence-corrected chi connectivity index (χ1v) is 7.62. The van der Waals surface area contributed by atoms with E-state index in [0.717, 1.165) is 18.6 Å². The van der Waals surface area contributed by atoms with Crippen molar-refractivity contribution in [2.45, 2.75) is 32.0 Å². The zero-order valence-corrected chi connectivity index (χ0v) is 12.8. The number of carbonyl (C=O) groups is 1. The maximum absolute atomic E-state index is 12.0. The van der Waals surface area contributed by atoms with Crippen LogP contribution in [0.15, 0.2) is 35.0 Å². The van der Waals surface area contributed by atoms with E-state index in [0.29, 0.717) is 12.2 Å².